The molecule has 1 aliphatic rings. The molecule has 3 rings (SSSR count). The van der Waals surface area contributed by atoms with Gasteiger partial charge in [0.15, 0.2) is 0 Å². The highest BCUT2D eigenvalue weighted by molar-refractivity contribution is 6.29. The van der Waals surface area contributed by atoms with Gasteiger partial charge in [-0.15, -0.1) is 0 Å². The van der Waals surface area contributed by atoms with Crippen LogP contribution in [0, 0.1) is 0 Å². The highest BCUT2D eigenvalue weighted by atomic mass is 35.5. The van der Waals surface area contributed by atoms with Gasteiger partial charge in [0.2, 0.25) is 0 Å². The summed E-state index contributed by atoms with van der Waals surface area (Å²) in [7, 11) is 0. The highest BCUT2D eigenvalue weighted by Crippen LogP contribution is 2.31. The summed E-state index contributed by atoms with van der Waals surface area (Å²) in [5.41, 5.74) is 7.77. The monoisotopic (exact) mass is 301 g/mol. The van der Waals surface area contributed by atoms with E-state index in [1.165, 1.54) is 6.20 Å². The smallest absolute Gasteiger partial charge is 0.256 e. The Bertz CT molecular complexity index is 656. The molecule has 5 heteroatoms. The Morgan fingerprint density at radius 3 is 2.71 bits per heavy atom. The third kappa shape index (κ3) is 3.16. The Labute approximate surface area is 128 Å². The summed E-state index contributed by atoms with van der Waals surface area (Å²) in [6, 6.07) is 11.8. The largest absolute Gasteiger partial charge is 0.397 e. The van der Waals surface area contributed by atoms with E-state index in [2.05, 4.69) is 4.98 Å². The highest BCUT2D eigenvalue weighted by Gasteiger charge is 2.33. The number of amides is 1. The van der Waals surface area contributed by atoms with Crippen LogP contribution in [-0.4, -0.2) is 21.8 Å². The van der Waals surface area contributed by atoms with Gasteiger partial charge in [0.05, 0.1) is 17.4 Å². The fraction of sp³-hybridized carbons (Fsp3) is 0.250. The number of rotatable bonds is 4. The van der Waals surface area contributed by atoms with Gasteiger partial charge in [-0.2, -0.15) is 0 Å². The summed E-state index contributed by atoms with van der Waals surface area (Å²) >= 11 is 5.88. The Balaban J connectivity index is 1.87. The molecular weight excluding hydrogens is 286 g/mol. The van der Waals surface area contributed by atoms with Gasteiger partial charge < -0.3 is 10.6 Å². The number of pyridine rings is 1. The van der Waals surface area contributed by atoms with Gasteiger partial charge in [0.1, 0.15) is 5.15 Å². The second kappa shape index (κ2) is 5.74. The topological polar surface area (TPSA) is 59.2 Å². The zero-order valence-electron chi connectivity index (χ0n) is 11.5. The number of nitrogen functional groups attached to an aromatic ring is 1. The molecule has 1 amide bonds. The van der Waals surface area contributed by atoms with Crippen molar-refractivity contribution in [2.24, 2.45) is 0 Å². The number of hydrogen-bond acceptors (Lipinski definition) is 3. The number of nitrogens with two attached hydrogens (primary N) is 1. The van der Waals surface area contributed by atoms with Crippen LogP contribution in [0.15, 0.2) is 42.6 Å². The maximum atomic E-state index is 12.8. The zero-order valence-corrected chi connectivity index (χ0v) is 12.3. The van der Waals surface area contributed by atoms with E-state index in [1.807, 2.05) is 35.2 Å². The predicted molar refractivity (Wildman–Crippen MR) is 83.0 cm³/mol. The summed E-state index contributed by atoms with van der Waals surface area (Å²) in [4.78, 5) is 18.5. The van der Waals surface area contributed by atoms with Crippen molar-refractivity contribution in [1.82, 2.24) is 9.88 Å². The number of hydrogen-bond donors (Lipinski definition) is 1. The molecule has 1 aromatic heterocycles. The molecule has 1 saturated carbocycles. The lowest BCUT2D eigenvalue weighted by Crippen LogP contribution is -2.33. The predicted octanol–water partition coefficient (Wildman–Crippen LogP) is 3.12. The quantitative estimate of drug-likeness (QED) is 0.883. The second-order valence-corrected chi connectivity index (χ2v) is 5.63. The van der Waals surface area contributed by atoms with Crippen LogP contribution < -0.4 is 5.73 Å². The van der Waals surface area contributed by atoms with Crippen molar-refractivity contribution in [2.45, 2.75) is 25.4 Å². The van der Waals surface area contributed by atoms with Crippen LogP contribution in [0.25, 0.3) is 0 Å². The van der Waals surface area contributed by atoms with E-state index >= 15 is 0 Å². The van der Waals surface area contributed by atoms with Gasteiger partial charge in [-0.05, 0) is 24.5 Å². The number of anilines is 1. The number of benzene rings is 1. The fourth-order valence-electron chi connectivity index (χ4n) is 2.31. The molecule has 0 unspecified atom stereocenters. The fourth-order valence-corrected chi connectivity index (χ4v) is 2.47. The van der Waals surface area contributed by atoms with E-state index in [-0.39, 0.29) is 11.1 Å². The average molecular weight is 302 g/mol. The maximum absolute atomic E-state index is 12.8. The molecule has 1 heterocycles. The summed E-state index contributed by atoms with van der Waals surface area (Å²) in [5, 5.41) is 0.281. The molecule has 0 spiro atoms. The van der Waals surface area contributed by atoms with Crippen molar-refractivity contribution in [1.29, 1.82) is 0 Å². The van der Waals surface area contributed by atoms with Crippen molar-refractivity contribution < 1.29 is 4.79 Å². The van der Waals surface area contributed by atoms with Crippen molar-refractivity contribution in [2.75, 3.05) is 5.73 Å². The zero-order chi connectivity index (χ0) is 14.8. The van der Waals surface area contributed by atoms with Crippen LogP contribution in [0.3, 0.4) is 0 Å². The minimum absolute atomic E-state index is 0.0804. The number of halogens is 1. The first-order chi connectivity index (χ1) is 10.1. The van der Waals surface area contributed by atoms with E-state index < -0.39 is 0 Å². The molecule has 108 valence electrons. The molecule has 2 aromatic rings. The molecule has 4 nitrogen and oxygen atoms in total. The minimum atomic E-state index is -0.0804. The van der Waals surface area contributed by atoms with Crippen molar-refractivity contribution in [3.63, 3.8) is 0 Å². The Morgan fingerprint density at radius 1 is 1.33 bits per heavy atom. The Hall–Kier alpha value is -2.07. The van der Waals surface area contributed by atoms with E-state index in [0.717, 1.165) is 18.4 Å². The number of nitrogens with zero attached hydrogens (tertiary/aromatic N) is 2. The van der Waals surface area contributed by atoms with E-state index in [0.29, 0.717) is 23.8 Å². The first kappa shape index (κ1) is 13.9. The molecule has 0 saturated heterocycles. The molecule has 0 radical (unpaired) electrons. The van der Waals surface area contributed by atoms with E-state index in [1.54, 1.807) is 6.07 Å². The first-order valence-electron chi connectivity index (χ1n) is 6.91. The Morgan fingerprint density at radius 2 is 2.05 bits per heavy atom. The molecule has 0 atom stereocenters. The average Bonchev–Trinajstić information content (AvgIpc) is 3.32. The van der Waals surface area contributed by atoms with Gasteiger partial charge in [0, 0.05) is 12.6 Å². The molecule has 0 aliphatic heterocycles. The van der Waals surface area contributed by atoms with E-state index in [9.17, 15) is 4.79 Å². The van der Waals surface area contributed by atoms with E-state index in [4.69, 9.17) is 17.3 Å². The minimum Gasteiger partial charge on any atom is -0.397 e. The molecule has 1 aliphatic carbocycles. The van der Waals surface area contributed by atoms with Crippen molar-refractivity contribution in [3.05, 3.63) is 58.9 Å². The number of carbonyl (C=O) groups is 1. The lowest BCUT2D eigenvalue weighted by atomic mass is 10.1. The summed E-state index contributed by atoms with van der Waals surface area (Å²) in [6.45, 7) is 0.587. The normalized spacial score (nSPS) is 14.0. The molecule has 1 fully saturated rings. The summed E-state index contributed by atoms with van der Waals surface area (Å²) in [6.07, 6.45) is 3.51. The SMILES string of the molecule is Nc1cnc(Cl)cc1C(=O)N(Cc1ccccc1)C1CC1. The maximum Gasteiger partial charge on any atom is 0.256 e. The van der Waals surface area contributed by atoms with Crippen LogP contribution >= 0.6 is 11.6 Å². The summed E-state index contributed by atoms with van der Waals surface area (Å²) in [5.74, 6) is -0.0804. The molecule has 21 heavy (non-hydrogen) atoms. The molecular formula is C16H16ClN3O. The summed E-state index contributed by atoms with van der Waals surface area (Å²) < 4.78 is 0. The first-order valence-corrected chi connectivity index (χ1v) is 7.29. The van der Waals surface area contributed by atoms with Crippen LogP contribution in [0.1, 0.15) is 28.8 Å². The van der Waals surface area contributed by atoms with Gasteiger partial charge in [0.25, 0.3) is 5.91 Å². The van der Waals surface area contributed by atoms with Crippen molar-refractivity contribution in [3.8, 4) is 0 Å². The van der Waals surface area contributed by atoms with Gasteiger partial charge >= 0.3 is 0 Å². The second-order valence-electron chi connectivity index (χ2n) is 5.24. The lowest BCUT2D eigenvalue weighted by molar-refractivity contribution is 0.0731. The van der Waals surface area contributed by atoms with Gasteiger partial charge in [-0.25, -0.2) is 4.98 Å². The third-order valence-corrected chi connectivity index (χ3v) is 3.78. The van der Waals surface area contributed by atoms with Gasteiger partial charge in [-0.3, -0.25) is 4.79 Å². The van der Waals surface area contributed by atoms with Crippen LogP contribution in [0.4, 0.5) is 5.69 Å². The standard InChI is InChI=1S/C16H16ClN3O/c17-15-8-13(14(18)9-19-15)16(21)20(12-6-7-12)10-11-4-2-1-3-5-11/h1-5,8-9,12H,6-7,10,18H2. The third-order valence-electron chi connectivity index (χ3n) is 3.58. The van der Waals surface area contributed by atoms with Gasteiger partial charge in [-0.1, -0.05) is 41.9 Å². The number of carbonyl (C=O) groups excluding carboxylic acids is 1. The van der Waals surface area contributed by atoms with Crippen LogP contribution in [-0.2, 0) is 6.54 Å². The molecule has 1 aromatic carbocycles. The van der Waals surface area contributed by atoms with Crippen molar-refractivity contribution >= 4 is 23.2 Å². The lowest BCUT2D eigenvalue weighted by Gasteiger charge is -2.23. The van der Waals surface area contributed by atoms with Crippen LogP contribution in [0.2, 0.25) is 5.15 Å². The number of aromatic nitrogens is 1. The van der Waals surface area contributed by atoms with Crippen LogP contribution in [0.5, 0.6) is 0 Å². The molecule has 2 N–H and O–H groups in total. The molecule has 0 bridgehead atoms. The Kier molecular flexibility index (Phi) is 3.80.